The number of amides is 2. The van der Waals surface area contributed by atoms with Crippen LogP contribution in [0.4, 0.5) is 14.5 Å². The summed E-state index contributed by atoms with van der Waals surface area (Å²) in [5.74, 6) is -3.08. The number of nitrogens with one attached hydrogen (secondary N) is 1. The topological polar surface area (TPSA) is 82.6 Å². The second kappa shape index (κ2) is 9.12. The molecular weight excluding hydrogens is 442 g/mol. The normalized spacial score (nSPS) is 23.7. The first-order valence-electron chi connectivity index (χ1n) is 11.4. The predicted molar refractivity (Wildman–Crippen MR) is 122 cm³/mol. The molecule has 9 heteroatoms. The van der Waals surface area contributed by atoms with Crippen molar-refractivity contribution in [1.29, 1.82) is 0 Å². The quantitative estimate of drug-likeness (QED) is 0.680. The van der Waals surface area contributed by atoms with E-state index in [1.807, 2.05) is 11.8 Å². The Bertz CT molecular complexity index is 1100. The van der Waals surface area contributed by atoms with Gasteiger partial charge in [-0.05, 0) is 44.0 Å². The van der Waals surface area contributed by atoms with Crippen molar-refractivity contribution in [3.8, 4) is 0 Å². The first-order chi connectivity index (χ1) is 16.1. The fourth-order valence-corrected chi connectivity index (χ4v) is 5.01. The molecule has 1 aromatic heterocycles. The number of anilines is 1. The van der Waals surface area contributed by atoms with E-state index in [1.54, 1.807) is 42.3 Å². The predicted octanol–water partition coefficient (Wildman–Crippen LogP) is 2.72. The summed E-state index contributed by atoms with van der Waals surface area (Å²) in [5, 5.41) is 2.78. The Kier molecular flexibility index (Phi) is 6.38. The van der Waals surface area contributed by atoms with Gasteiger partial charge in [0, 0.05) is 49.5 Å². The minimum atomic E-state index is -1.32. The molecule has 2 aliphatic rings. The van der Waals surface area contributed by atoms with Crippen molar-refractivity contribution in [2.45, 2.75) is 45.2 Å². The lowest BCUT2D eigenvalue weighted by Crippen LogP contribution is -2.55. The largest absolute Gasteiger partial charge is 0.365 e. The highest BCUT2D eigenvalue weighted by atomic mass is 19.2. The molecular formula is C25H28F2N4O3. The Hall–Kier alpha value is -3.36. The number of ketones is 1. The van der Waals surface area contributed by atoms with Gasteiger partial charge >= 0.3 is 0 Å². The number of pyridine rings is 1. The number of Topliss-reactive ketones (excluding diaryl/α,β-unsaturated/α-hetero) is 1. The summed E-state index contributed by atoms with van der Waals surface area (Å²) in [7, 11) is 0. The summed E-state index contributed by atoms with van der Waals surface area (Å²) >= 11 is 0. The van der Waals surface area contributed by atoms with Crippen molar-refractivity contribution in [2.24, 2.45) is 5.92 Å². The minimum Gasteiger partial charge on any atom is -0.365 e. The lowest BCUT2D eigenvalue weighted by Gasteiger charge is -2.42. The van der Waals surface area contributed by atoms with Gasteiger partial charge in [0.05, 0.1) is 12.1 Å². The number of aromatic nitrogens is 1. The van der Waals surface area contributed by atoms with E-state index in [1.165, 1.54) is 13.0 Å². The lowest BCUT2D eigenvalue weighted by atomic mass is 9.82. The highest BCUT2D eigenvalue weighted by Crippen LogP contribution is 2.34. The lowest BCUT2D eigenvalue weighted by molar-refractivity contribution is -0.137. The van der Waals surface area contributed by atoms with E-state index < -0.39 is 23.1 Å². The van der Waals surface area contributed by atoms with E-state index in [0.717, 1.165) is 0 Å². The standard InChI is InChI=1S/C25H28F2N4O3/c1-15-10-18(11-19(26)23(15)27)31-9-8-30(14-17(31)3)24(34)16(2)13-25(20-6-4-5-7-28-20)21(32)12-22(33)29-25/h4-7,10-11,16-17H,8-9,12-14H2,1-3H3,(H,29,33)/t16-,17-,25-/m0/s1. The summed E-state index contributed by atoms with van der Waals surface area (Å²) in [6.07, 6.45) is 1.44. The van der Waals surface area contributed by atoms with Crippen LogP contribution in [0, 0.1) is 24.5 Å². The van der Waals surface area contributed by atoms with Crippen LogP contribution in [0.2, 0.25) is 0 Å². The SMILES string of the molecule is Cc1cc(N2CCN(C(=O)[C@@H](C)C[C@@]3(c4ccccn4)NC(=O)CC3=O)C[C@@H]2C)cc(F)c1F. The van der Waals surface area contributed by atoms with E-state index in [9.17, 15) is 23.2 Å². The third-order valence-corrected chi connectivity index (χ3v) is 6.75. The third kappa shape index (κ3) is 4.26. The van der Waals surface area contributed by atoms with Crippen LogP contribution in [0.5, 0.6) is 0 Å². The molecule has 3 heterocycles. The van der Waals surface area contributed by atoms with Gasteiger partial charge in [-0.3, -0.25) is 19.4 Å². The van der Waals surface area contributed by atoms with E-state index in [4.69, 9.17) is 0 Å². The minimum absolute atomic E-state index is 0.115. The van der Waals surface area contributed by atoms with Gasteiger partial charge in [-0.1, -0.05) is 13.0 Å². The molecule has 7 nitrogen and oxygen atoms in total. The number of carbonyl (C=O) groups is 3. The van der Waals surface area contributed by atoms with Crippen LogP contribution in [-0.4, -0.2) is 53.2 Å². The second-order valence-electron chi connectivity index (χ2n) is 9.26. The maximum atomic E-state index is 13.9. The number of nitrogens with zero attached hydrogens (tertiary/aromatic N) is 3. The maximum Gasteiger partial charge on any atom is 0.228 e. The molecule has 0 radical (unpaired) electrons. The average molecular weight is 471 g/mol. The Labute approximate surface area is 197 Å². The monoisotopic (exact) mass is 470 g/mol. The number of carbonyl (C=O) groups excluding carboxylic acids is 3. The Morgan fingerprint density at radius 3 is 2.62 bits per heavy atom. The molecule has 0 unspecified atom stereocenters. The van der Waals surface area contributed by atoms with Gasteiger partial charge < -0.3 is 15.1 Å². The van der Waals surface area contributed by atoms with Crippen LogP contribution in [0.25, 0.3) is 0 Å². The smallest absolute Gasteiger partial charge is 0.228 e. The van der Waals surface area contributed by atoms with Gasteiger partial charge in [0.15, 0.2) is 17.4 Å². The fraction of sp³-hybridized carbons (Fsp3) is 0.440. The highest BCUT2D eigenvalue weighted by molar-refractivity contribution is 6.10. The average Bonchev–Trinajstić information content (AvgIpc) is 3.10. The van der Waals surface area contributed by atoms with Crippen molar-refractivity contribution in [1.82, 2.24) is 15.2 Å². The van der Waals surface area contributed by atoms with Crippen LogP contribution in [-0.2, 0) is 19.9 Å². The summed E-state index contributed by atoms with van der Waals surface area (Å²) in [6.45, 7) is 6.47. The van der Waals surface area contributed by atoms with Crippen molar-refractivity contribution >= 4 is 23.3 Å². The molecule has 2 aliphatic heterocycles. The zero-order chi connectivity index (χ0) is 24.6. The van der Waals surface area contributed by atoms with Crippen LogP contribution in [0.3, 0.4) is 0 Å². The third-order valence-electron chi connectivity index (χ3n) is 6.75. The van der Waals surface area contributed by atoms with Crippen molar-refractivity contribution in [3.05, 3.63) is 59.4 Å². The molecule has 1 N–H and O–H groups in total. The van der Waals surface area contributed by atoms with Crippen LogP contribution in [0.1, 0.15) is 37.9 Å². The Balaban J connectivity index is 1.48. The van der Waals surface area contributed by atoms with Gasteiger partial charge in [-0.25, -0.2) is 8.78 Å². The zero-order valence-corrected chi connectivity index (χ0v) is 19.5. The highest BCUT2D eigenvalue weighted by Gasteiger charge is 2.50. The zero-order valence-electron chi connectivity index (χ0n) is 19.5. The fourth-order valence-electron chi connectivity index (χ4n) is 5.01. The first kappa shape index (κ1) is 23.8. The molecule has 1 aromatic carbocycles. The van der Waals surface area contributed by atoms with Crippen molar-refractivity contribution in [3.63, 3.8) is 0 Å². The Morgan fingerprint density at radius 1 is 1.26 bits per heavy atom. The van der Waals surface area contributed by atoms with E-state index in [2.05, 4.69) is 10.3 Å². The summed E-state index contributed by atoms with van der Waals surface area (Å²) < 4.78 is 27.6. The van der Waals surface area contributed by atoms with E-state index in [0.29, 0.717) is 31.0 Å². The number of hydrogen-bond donors (Lipinski definition) is 1. The van der Waals surface area contributed by atoms with Gasteiger partial charge in [0.1, 0.15) is 5.54 Å². The van der Waals surface area contributed by atoms with Gasteiger partial charge in [0.2, 0.25) is 11.8 Å². The molecule has 4 rings (SSSR count). The molecule has 3 atom stereocenters. The second-order valence-corrected chi connectivity index (χ2v) is 9.26. The van der Waals surface area contributed by atoms with Gasteiger partial charge in [0.25, 0.3) is 0 Å². The molecule has 2 fully saturated rings. The number of benzene rings is 1. The molecule has 180 valence electrons. The van der Waals surface area contributed by atoms with E-state index in [-0.39, 0.29) is 42.0 Å². The summed E-state index contributed by atoms with van der Waals surface area (Å²) in [4.78, 5) is 46.3. The molecule has 2 saturated heterocycles. The van der Waals surface area contributed by atoms with Gasteiger partial charge in [-0.2, -0.15) is 0 Å². The molecule has 0 bridgehead atoms. The van der Waals surface area contributed by atoms with Crippen molar-refractivity contribution < 1.29 is 23.2 Å². The number of halogens is 2. The number of rotatable bonds is 5. The maximum absolute atomic E-state index is 13.9. The molecule has 0 spiro atoms. The van der Waals surface area contributed by atoms with E-state index >= 15 is 0 Å². The van der Waals surface area contributed by atoms with Crippen LogP contribution < -0.4 is 10.2 Å². The Morgan fingerprint density at radius 2 is 2.03 bits per heavy atom. The summed E-state index contributed by atoms with van der Waals surface area (Å²) in [6, 6.07) is 7.83. The molecule has 34 heavy (non-hydrogen) atoms. The van der Waals surface area contributed by atoms with Crippen LogP contribution in [0.15, 0.2) is 36.5 Å². The first-order valence-corrected chi connectivity index (χ1v) is 11.4. The number of piperazine rings is 1. The molecule has 0 aliphatic carbocycles. The van der Waals surface area contributed by atoms with Crippen LogP contribution >= 0.6 is 0 Å². The van der Waals surface area contributed by atoms with Crippen molar-refractivity contribution in [2.75, 3.05) is 24.5 Å². The number of hydrogen-bond acceptors (Lipinski definition) is 5. The number of aryl methyl sites for hydroxylation is 1. The van der Waals surface area contributed by atoms with Gasteiger partial charge in [-0.15, -0.1) is 0 Å². The molecule has 2 amide bonds. The summed E-state index contributed by atoms with van der Waals surface area (Å²) in [5.41, 5.74) is -0.0726. The molecule has 0 saturated carbocycles. The molecule has 2 aromatic rings.